The largest absolute Gasteiger partial charge is 0.494 e. The maximum absolute atomic E-state index is 11.2. The lowest BCUT2D eigenvalue weighted by Gasteiger charge is -2.22. The van der Waals surface area contributed by atoms with Crippen LogP contribution < -0.4 is 4.74 Å². The van der Waals surface area contributed by atoms with Crippen LogP contribution in [0.3, 0.4) is 0 Å². The number of nitrogens with zero attached hydrogens (tertiary/aromatic N) is 1. The summed E-state index contributed by atoms with van der Waals surface area (Å²) >= 11 is 0. The molecule has 0 amide bonds. The van der Waals surface area contributed by atoms with E-state index >= 15 is 0 Å². The summed E-state index contributed by atoms with van der Waals surface area (Å²) in [5.41, 5.74) is 0.682. The molecule has 0 aromatic heterocycles. The summed E-state index contributed by atoms with van der Waals surface area (Å²) < 4.78 is 5.43. The lowest BCUT2D eigenvalue weighted by Crippen LogP contribution is -2.27. The predicted molar refractivity (Wildman–Crippen MR) is 61.7 cm³/mol. The van der Waals surface area contributed by atoms with Crippen LogP contribution in [-0.2, 0) is 4.79 Å². The topological polar surface area (TPSA) is 49.8 Å². The minimum atomic E-state index is -0.878. The van der Waals surface area contributed by atoms with Crippen molar-refractivity contribution in [2.45, 2.75) is 13.0 Å². The molecule has 0 aliphatic rings. The number of para-hydroxylation sites is 1. The molecule has 1 aromatic carbocycles. The molecule has 0 aliphatic heterocycles. The van der Waals surface area contributed by atoms with Gasteiger partial charge in [-0.15, -0.1) is 0 Å². The maximum atomic E-state index is 11.2. The van der Waals surface area contributed by atoms with Gasteiger partial charge in [-0.25, -0.2) is 0 Å². The van der Waals surface area contributed by atoms with Gasteiger partial charge in [0.2, 0.25) is 0 Å². The number of carboxylic acid groups (broad SMARTS) is 1. The van der Waals surface area contributed by atoms with Crippen molar-refractivity contribution in [3.63, 3.8) is 0 Å². The highest BCUT2D eigenvalue weighted by atomic mass is 16.5. The summed E-state index contributed by atoms with van der Waals surface area (Å²) in [6.07, 6.45) is 0. The van der Waals surface area contributed by atoms with Crippen molar-refractivity contribution in [3.8, 4) is 5.75 Å². The van der Waals surface area contributed by atoms with E-state index in [9.17, 15) is 9.90 Å². The zero-order valence-electron chi connectivity index (χ0n) is 9.80. The Morgan fingerprint density at radius 2 is 2.06 bits per heavy atom. The normalized spacial score (nSPS) is 12.5. The van der Waals surface area contributed by atoms with Gasteiger partial charge in [0.15, 0.2) is 0 Å². The lowest BCUT2D eigenvalue weighted by molar-refractivity contribution is -0.142. The van der Waals surface area contributed by atoms with E-state index in [1.165, 1.54) is 0 Å². The Kier molecular flexibility index (Phi) is 4.31. The molecule has 0 aliphatic carbocycles. The third kappa shape index (κ3) is 2.73. The molecule has 0 heterocycles. The standard InChI is InChI=1S/C12H17NO3/c1-4-16-10-8-6-5-7-9(10)11(12(14)15)13(2)3/h5-8,11H,4H2,1-3H3,(H,14,15). The minimum absolute atomic E-state index is 0.525. The summed E-state index contributed by atoms with van der Waals surface area (Å²) in [5, 5.41) is 9.19. The molecular weight excluding hydrogens is 206 g/mol. The van der Waals surface area contributed by atoms with Crippen molar-refractivity contribution in [1.29, 1.82) is 0 Å². The highest BCUT2D eigenvalue weighted by molar-refractivity contribution is 5.76. The Hall–Kier alpha value is -1.55. The third-order valence-electron chi connectivity index (χ3n) is 2.26. The molecule has 4 heteroatoms. The summed E-state index contributed by atoms with van der Waals surface area (Å²) in [6.45, 7) is 2.40. The van der Waals surface area contributed by atoms with Crippen molar-refractivity contribution in [1.82, 2.24) is 4.90 Å². The van der Waals surface area contributed by atoms with Gasteiger partial charge in [0, 0.05) is 5.56 Å². The fraction of sp³-hybridized carbons (Fsp3) is 0.417. The molecule has 4 nitrogen and oxygen atoms in total. The van der Waals surface area contributed by atoms with Gasteiger partial charge in [0.25, 0.3) is 0 Å². The number of carboxylic acids is 1. The number of carbonyl (C=O) groups is 1. The average Bonchev–Trinajstić information content (AvgIpc) is 2.20. The molecule has 0 bridgehead atoms. The van der Waals surface area contributed by atoms with E-state index in [1.54, 1.807) is 31.1 Å². The van der Waals surface area contributed by atoms with E-state index in [0.717, 1.165) is 0 Å². The summed E-state index contributed by atoms with van der Waals surface area (Å²) in [7, 11) is 3.48. The van der Waals surface area contributed by atoms with Crippen LogP contribution in [-0.4, -0.2) is 36.7 Å². The Labute approximate surface area is 95.5 Å². The molecule has 1 aromatic rings. The molecule has 1 unspecified atom stereocenters. The maximum Gasteiger partial charge on any atom is 0.325 e. The monoisotopic (exact) mass is 223 g/mol. The van der Waals surface area contributed by atoms with E-state index in [1.807, 2.05) is 19.1 Å². The molecule has 1 N–H and O–H groups in total. The summed E-state index contributed by atoms with van der Waals surface area (Å²) in [4.78, 5) is 12.9. The number of rotatable bonds is 5. The second kappa shape index (κ2) is 5.51. The zero-order valence-corrected chi connectivity index (χ0v) is 9.80. The third-order valence-corrected chi connectivity index (χ3v) is 2.26. The molecule has 0 saturated carbocycles. The van der Waals surface area contributed by atoms with Crippen LogP contribution in [0.1, 0.15) is 18.5 Å². The number of hydrogen-bond donors (Lipinski definition) is 1. The Balaban J connectivity index is 3.12. The first kappa shape index (κ1) is 12.5. The van der Waals surface area contributed by atoms with E-state index in [-0.39, 0.29) is 0 Å². The summed E-state index contributed by atoms with van der Waals surface area (Å²) in [6, 6.07) is 6.55. The molecule has 0 radical (unpaired) electrons. The average molecular weight is 223 g/mol. The Morgan fingerprint density at radius 3 is 2.56 bits per heavy atom. The van der Waals surface area contributed by atoms with Gasteiger partial charge in [-0.05, 0) is 27.1 Å². The highest BCUT2D eigenvalue weighted by Gasteiger charge is 2.25. The zero-order chi connectivity index (χ0) is 12.1. The Morgan fingerprint density at radius 1 is 1.44 bits per heavy atom. The Bertz CT molecular complexity index is 363. The van der Waals surface area contributed by atoms with Gasteiger partial charge in [0.1, 0.15) is 11.8 Å². The number of likely N-dealkylation sites (N-methyl/N-ethyl adjacent to an activating group) is 1. The van der Waals surface area contributed by atoms with E-state index in [4.69, 9.17) is 4.74 Å². The van der Waals surface area contributed by atoms with Crippen molar-refractivity contribution in [2.75, 3.05) is 20.7 Å². The van der Waals surface area contributed by atoms with Crippen LogP contribution in [0.2, 0.25) is 0 Å². The van der Waals surface area contributed by atoms with Gasteiger partial charge >= 0.3 is 5.97 Å². The predicted octanol–water partition coefficient (Wildman–Crippen LogP) is 1.77. The van der Waals surface area contributed by atoms with E-state index < -0.39 is 12.0 Å². The first-order valence-corrected chi connectivity index (χ1v) is 5.18. The van der Waals surface area contributed by atoms with Gasteiger partial charge in [-0.2, -0.15) is 0 Å². The second-order valence-corrected chi connectivity index (χ2v) is 3.68. The minimum Gasteiger partial charge on any atom is -0.494 e. The quantitative estimate of drug-likeness (QED) is 0.826. The molecule has 0 spiro atoms. The van der Waals surface area contributed by atoms with Crippen LogP contribution in [0.25, 0.3) is 0 Å². The van der Waals surface area contributed by atoms with E-state index in [0.29, 0.717) is 17.9 Å². The van der Waals surface area contributed by atoms with Crippen LogP contribution >= 0.6 is 0 Å². The smallest absolute Gasteiger partial charge is 0.325 e. The highest BCUT2D eigenvalue weighted by Crippen LogP contribution is 2.28. The van der Waals surface area contributed by atoms with Crippen molar-refractivity contribution < 1.29 is 14.6 Å². The van der Waals surface area contributed by atoms with Gasteiger partial charge in [-0.1, -0.05) is 18.2 Å². The van der Waals surface area contributed by atoms with Crippen molar-refractivity contribution >= 4 is 5.97 Å². The molecular formula is C12H17NO3. The SMILES string of the molecule is CCOc1ccccc1C(C(=O)O)N(C)C. The van der Waals surface area contributed by atoms with Gasteiger partial charge in [0.05, 0.1) is 6.61 Å². The van der Waals surface area contributed by atoms with Gasteiger partial charge in [-0.3, -0.25) is 9.69 Å². The number of hydrogen-bond acceptors (Lipinski definition) is 3. The molecule has 16 heavy (non-hydrogen) atoms. The fourth-order valence-electron chi connectivity index (χ4n) is 1.63. The van der Waals surface area contributed by atoms with Crippen LogP contribution in [0.4, 0.5) is 0 Å². The van der Waals surface area contributed by atoms with Gasteiger partial charge < -0.3 is 9.84 Å². The first-order chi connectivity index (χ1) is 7.57. The molecule has 88 valence electrons. The number of ether oxygens (including phenoxy) is 1. The van der Waals surface area contributed by atoms with Crippen LogP contribution in [0.5, 0.6) is 5.75 Å². The first-order valence-electron chi connectivity index (χ1n) is 5.18. The summed E-state index contributed by atoms with van der Waals surface area (Å²) in [5.74, 6) is -0.247. The second-order valence-electron chi connectivity index (χ2n) is 3.68. The van der Waals surface area contributed by atoms with E-state index in [2.05, 4.69) is 0 Å². The molecule has 1 atom stereocenters. The van der Waals surface area contributed by atoms with Crippen molar-refractivity contribution in [2.24, 2.45) is 0 Å². The van der Waals surface area contributed by atoms with Crippen LogP contribution in [0.15, 0.2) is 24.3 Å². The van der Waals surface area contributed by atoms with Crippen LogP contribution in [0, 0.1) is 0 Å². The fourth-order valence-corrected chi connectivity index (χ4v) is 1.63. The lowest BCUT2D eigenvalue weighted by atomic mass is 10.1. The molecule has 1 rings (SSSR count). The molecule has 0 fully saturated rings. The van der Waals surface area contributed by atoms with Crippen molar-refractivity contribution in [3.05, 3.63) is 29.8 Å². The molecule has 0 saturated heterocycles. The number of benzene rings is 1. The number of aliphatic carboxylic acids is 1.